The highest BCUT2D eigenvalue weighted by molar-refractivity contribution is 8.04. The molecular formula is C22H16Cl4N2O4S. The van der Waals surface area contributed by atoms with Crippen molar-refractivity contribution in [1.29, 1.82) is 0 Å². The minimum atomic E-state index is -1.29. The second-order valence-electron chi connectivity index (χ2n) is 7.90. The fourth-order valence-corrected chi connectivity index (χ4v) is 7.10. The summed E-state index contributed by atoms with van der Waals surface area (Å²) in [6.45, 7) is 0. The van der Waals surface area contributed by atoms with Crippen LogP contribution in [0, 0.1) is 0 Å². The van der Waals surface area contributed by atoms with E-state index < -0.39 is 16.4 Å². The highest BCUT2D eigenvalue weighted by atomic mass is 35.5. The molecule has 2 amide bonds. The number of hydrogen-bond acceptors (Lipinski definition) is 5. The maximum atomic E-state index is 12.9. The second kappa shape index (κ2) is 8.17. The number of halogens is 4. The molecule has 0 bridgehead atoms. The molecular weight excluding hydrogens is 530 g/mol. The van der Waals surface area contributed by atoms with Gasteiger partial charge in [0.05, 0.1) is 20.6 Å². The Morgan fingerprint density at radius 2 is 1.52 bits per heavy atom. The molecule has 5 rings (SSSR count). The molecule has 0 aromatic heterocycles. The first-order valence-electron chi connectivity index (χ1n) is 10.0. The zero-order chi connectivity index (χ0) is 23.5. The summed E-state index contributed by atoms with van der Waals surface area (Å²) in [5.41, 5.74) is 5.11. The first kappa shape index (κ1) is 23.0. The highest BCUT2D eigenvalue weighted by Crippen LogP contribution is 2.66. The van der Waals surface area contributed by atoms with Crippen LogP contribution in [-0.2, 0) is 4.79 Å². The Hall–Kier alpha value is -1.77. The van der Waals surface area contributed by atoms with Crippen LogP contribution in [0.5, 0.6) is 11.5 Å². The highest BCUT2D eigenvalue weighted by Gasteiger charge is 2.69. The van der Waals surface area contributed by atoms with Gasteiger partial charge in [0.15, 0.2) is 17.1 Å². The van der Waals surface area contributed by atoms with E-state index in [-0.39, 0.29) is 48.1 Å². The molecule has 0 spiro atoms. The lowest BCUT2D eigenvalue weighted by atomic mass is 9.75. The van der Waals surface area contributed by atoms with E-state index >= 15 is 0 Å². The lowest BCUT2D eigenvalue weighted by Gasteiger charge is -2.51. The summed E-state index contributed by atoms with van der Waals surface area (Å²) in [6.07, 6.45) is 2.46. The van der Waals surface area contributed by atoms with Gasteiger partial charge in [-0.2, -0.15) is 0 Å². The maximum Gasteiger partial charge on any atom is 0.256 e. The summed E-state index contributed by atoms with van der Waals surface area (Å²) in [6, 6.07) is 8.64. The fourth-order valence-electron chi connectivity index (χ4n) is 4.58. The third-order valence-electron chi connectivity index (χ3n) is 6.03. The molecule has 6 nitrogen and oxygen atoms in total. The SMILES string of the molecule is NC(=O)C1=C(NC(=O)c2ccccc2)S[C@]23CCCC[C@]12Oc1c(Cl)c(Cl)c(Cl)c(Cl)c1O3. The summed E-state index contributed by atoms with van der Waals surface area (Å²) >= 11 is 26.6. The Kier molecular flexibility index (Phi) is 5.69. The van der Waals surface area contributed by atoms with Crippen molar-refractivity contribution in [2.75, 3.05) is 0 Å². The van der Waals surface area contributed by atoms with Gasteiger partial charge in [-0.1, -0.05) is 76.4 Å². The Balaban J connectivity index is 1.66. The van der Waals surface area contributed by atoms with Gasteiger partial charge in [0.2, 0.25) is 4.93 Å². The molecule has 2 aromatic rings. The predicted octanol–water partition coefficient (Wildman–Crippen LogP) is 5.95. The first-order chi connectivity index (χ1) is 15.7. The number of primary amides is 1. The van der Waals surface area contributed by atoms with Crippen molar-refractivity contribution >= 4 is 70.0 Å². The van der Waals surface area contributed by atoms with Gasteiger partial charge in [-0.15, -0.1) is 0 Å². The van der Waals surface area contributed by atoms with Gasteiger partial charge in [0, 0.05) is 12.0 Å². The van der Waals surface area contributed by atoms with E-state index in [4.69, 9.17) is 61.6 Å². The first-order valence-corrected chi connectivity index (χ1v) is 12.4. The van der Waals surface area contributed by atoms with Gasteiger partial charge in [0.25, 0.3) is 11.8 Å². The molecule has 3 aliphatic rings. The van der Waals surface area contributed by atoms with E-state index in [0.717, 1.165) is 12.8 Å². The largest absolute Gasteiger partial charge is 0.471 e. The van der Waals surface area contributed by atoms with Gasteiger partial charge in [0.1, 0.15) is 10.0 Å². The molecule has 2 heterocycles. The van der Waals surface area contributed by atoms with E-state index in [1.165, 1.54) is 11.8 Å². The van der Waals surface area contributed by atoms with Crippen LogP contribution in [0.3, 0.4) is 0 Å². The van der Waals surface area contributed by atoms with Crippen LogP contribution in [0.4, 0.5) is 0 Å². The third-order valence-corrected chi connectivity index (χ3v) is 9.26. The van der Waals surface area contributed by atoms with Gasteiger partial charge >= 0.3 is 0 Å². The number of ether oxygens (including phenoxy) is 2. The normalized spacial score (nSPS) is 25.3. The van der Waals surface area contributed by atoms with Crippen molar-refractivity contribution in [3.8, 4) is 11.5 Å². The smallest absolute Gasteiger partial charge is 0.256 e. The van der Waals surface area contributed by atoms with E-state index in [0.29, 0.717) is 18.4 Å². The molecule has 33 heavy (non-hydrogen) atoms. The molecule has 2 aromatic carbocycles. The minimum Gasteiger partial charge on any atom is -0.471 e. The quantitative estimate of drug-likeness (QED) is 0.367. The Morgan fingerprint density at radius 1 is 0.909 bits per heavy atom. The number of rotatable bonds is 3. The molecule has 3 N–H and O–H groups in total. The molecule has 0 unspecified atom stereocenters. The number of benzene rings is 2. The summed E-state index contributed by atoms with van der Waals surface area (Å²) < 4.78 is 12.9. The number of carbonyl (C=O) groups excluding carboxylic acids is 2. The van der Waals surface area contributed by atoms with E-state index in [9.17, 15) is 9.59 Å². The average Bonchev–Trinajstić information content (AvgIpc) is 3.10. The number of carbonyl (C=O) groups is 2. The predicted molar refractivity (Wildman–Crippen MR) is 129 cm³/mol. The standard InChI is InChI=1S/C22H16Cl4N2O4S/c23-12-13(24)15(26)17-16(14(12)25)31-21-8-4-5-9-22(21,32-17)33-20(11(21)18(27)29)28-19(30)10-6-2-1-3-7-10/h1-3,6-7H,4-5,8-9H2,(H2,27,29)(H,28,30)/t21-,22+/m0/s1. The van der Waals surface area contributed by atoms with Crippen molar-refractivity contribution in [2.24, 2.45) is 5.73 Å². The Morgan fingerprint density at radius 3 is 2.15 bits per heavy atom. The minimum absolute atomic E-state index is 0.0123. The molecule has 1 fully saturated rings. The molecule has 0 saturated heterocycles. The number of nitrogens with one attached hydrogen (secondary N) is 1. The molecule has 2 aliphatic heterocycles. The summed E-state index contributed by atoms with van der Waals surface area (Å²) in [5.74, 6) is -0.896. The number of nitrogens with two attached hydrogens (primary N) is 1. The number of thioether (sulfide) groups is 1. The van der Waals surface area contributed by atoms with Crippen LogP contribution in [0.2, 0.25) is 20.1 Å². The monoisotopic (exact) mass is 544 g/mol. The summed E-state index contributed by atoms with van der Waals surface area (Å²) in [7, 11) is 0. The van der Waals surface area contributed by atoms with Gasteiger partial charge in [-0.05, 0) is 31.4 Å². The van der Waals surface area contributed by atoms with Crippen LogP contribution in [0.25, 0.3) is 0 Å². The molecule has 2 atom stereocenters. The van der Waals surface area contributed by atoms with E-state index in [2.05, 4.69) is 5.32 Å². The zero-order valence-electron chi connectivity index (χ0n) is 16.8. The third kappa shape index (κ3) is 3.32. The van der Waals surface area contributed by atoms with Crippen LogP contribution in [0.1, 0.15) is 36.0 Å². The summed E-state index contributed by atoms with van der Waals surface area (Å²) in [4.78, 5) is 24.6. The van der Waals surface area contributed by atoms with Crippen molar-refractivity contribution in [3.63, 3.8) is 0 Å². The van der Waals surface area contributed by atoms with Gasteiger partial charge in [-0.25, -0.2) is 0 Å². The number of amides is 2. The lowest BCUT2D eigenvalue weighted by molar-refractivity contribution is -0.123. The van der Waals surface area contributed by atoms with E-state index in [1.807, 2.05) is 0 Å². The summed E-state index contributed by atoms with van der Waals surface area (Å²) in [5, 5.41) is 3.23. The van der Waals surface area contributed by atoms with Crippen molar-refractivity contribution in [3.05, 3.63) is 66.6 Å². The number of hydrogen-bond donors (Lipinski definition) is 2. The van der Waals surface area contributed by atoms with E-state index in [1.54, 1.807) is 30.3 Å². The van der Waals surface area contributed by atoms with Crippen LogP contribution in [0.15, 0.2) is 40.9 Å². The maximum absolute atomic E-state index is 12.9. The molecule has 1 saturated carbocycles. The second-order valence-corrected chi connectivity index (χ2v) is 10.7. The molecule has 0 radical (unpaired) electrons. The topological polar surface area (TPSA) is 90.7 Å². The Bertz CT molecular complexity index is 1240. The van der Waals surface area contributed by atoms with Crippen LogP contribution in [-0.4, -0.2) is 22.3 Å². The molecule has 11 heteroatoms. The Labute approximate surface area is 213 Å². The lowest BCUT2D eigenvalue weighted by Crippen LogP contribution is -2.63. The average molecular weight is 546 g/mol. The molecule has 1 aliphatic carbocycles. The van der Waals surface area contributed by atoms with Crippen molar-refractivity contribution < 1.29 is 19.1 Å². The van der Waals surface area contributed by atoms with Gasteiger partial charge in [-0.3, -0.25) is 9.59 Å². The van der Waals surface area contributed by atoms with Crippen LogP contribution < -0.4 is 20.5 Å². The van der Waals surface area contributed by atoms with Crippen LogP contribution >= 0.6 is 58.2 Å². The van der Waals surface area contributed by atoms with Crippen molar-refractivity contribution in [1.82, 2.24) is 5.32 Å². The number of fused-ring (bicyclic) bond motifs is 1. The fraction of sp³-hybridized carbons (Fsp3) is 0.273. The zero-order valence-corrected chi connectivity index (χ0v) is 20.7. The molecule has 172 valence electrons. The van der Waals surface area contributed by atoms with Crippen molar-refractivity contribution in [2.45, 2.75) is 36.2 Å². The van der Waals surface area contributed by atoms with Gasteiger partial charge < -0.3 is 20.5 Å².